The molecule has 0 radical (unpaired) electrons. The third-order valence-corrected chi connectivity index (χ3v) is 6.07. The molecule has 30 heavy (non-hydrogen) atoms. The summed E-state index contributed by atoms with van der Waals surface area (Å²) in [6, 6.07) is 7.35. The van der Waals surface area contributed by atoms with E-state index in [1.807, 2.05) is 22.7 Å². The molecule has 3 aromatic heterocycles. The number of carbonyl (C=O) groups excluding carboxylic acids is 1. The summed E-state index contributed by atoms with van der Waals surface area (Å²) in [4.78, 5) is 30.3. The zero-order chi connectivity index (χ0) is 21.3. The van der Waals surface area contributed by atoms with Crippen molar-refractivity contribution in [3.63, 3.8) is 0 Å². The van der Waals surface area contributed by atoms with Crippen LogP contribution in [-0.2, 0) is 0 Å². The SMILES string of the molecule is CCCC(CCC)c1cn2cc(C(=O)Nc3cccn([C@@H]4C[C@H]4C)c3=O)ccc2n1. The highest BCUT2D eigenvalue weighted by Crippen LogP contribution is 2.41. The fraction of sp³-hybridized carbons (Fsp3) is 0.458. The Balaban J connectivity index is 1.56. The van der Waals surface area contributed by atoms with Gasteiger partial charge < -0.3 is 14.3 Å². The van der Waals surface area contributed by atoms with Crippen molar-refractivity contribution >= 4 is 17.2 Å². The largest absolute Gasteiger partial charge is 0.317 e. The van der Waals surface area contributed by atoms with Crippen LogP contribution in [0.1, 0.15) is 80.9 Å². The minimum atomic E-state index is -0.287. The van der Waals surface area contributed by atoms with Gasteiger partial charge in [0.2, 0.25) is 0 Å². The molecule has 0 aliphatic heterocycles. The Kier molecular flexibility index (Phi) is 5.75. The number of rotatable bonds is 8. The molecule has 1 N–H and O–H groups in total. The number of amides is 1. The Morgan fingerprint density at radius 1 is 1.20 bits per heavy atom. The van der Waals surface area contributed by atoms with Crippen molar-refractivity contribution in [3.05, 3.63) is 64.5 Å². The second-order valence-corrected chi connectivity index (χ2v) is 8.49. The van der Waals surface area contributed by atoms with Gasteiger partial charge in [-0.1, -0.05) is 33.6 Å². The van der Waals surface area contributed by atoms with Crippen LogP contribution in [0.4, 0.5) is 5.69 Å². The van der Waals surface area contributed by atoms with Crippen molar-refractivity contribution in [2.24, 2.45) is 5.92 Å². The molecule has 1 fully saturated rings. The minimum Gasteiger partial charge on any atom is -0.317 e. The van der Waals surface area contributed by atoms with Gasteiger partial charge in [-0.2, -0.15) is 0 Å². The molecule has 1 aliphatic rings. The van der Waals surface area contributed by atoms with E-state index in [4.69, 9.17) is 4.98 Å². The molecular weight excluding hydrogens is 376 g/mol. The molecule has 0 bridgehead atoms. The molecule has 0 unspecified atom stereocenters. The third-order valence-electron chi connectivity index (χ3n) is 6.07. The molecule has 3 heterocycles. The second-order valence-electron chi connectivity index (χ2n) is 8.49. The number of anilines is 1. The summed E-state index contributed by atoms with van der Waals surface area (Å²) >= 11 is 0. The number of fused-ring (bicyclic) bond motifs is 1. The lowest BCUT2D eigenvalue weighted by Crippen LogP contribution is -2.25. The fourth-order valence-corrected chi connectivity index (χ4v) is 4.23. The standard InChI is InChI=1S/C24H30N4O2/c1-4-7-17(8-5-2)20-15-27-14-18(10-11-22(27)25-20)23(29)26-19-9-6-12-28(24(19)30)21-13-16(21)3/h6,9-12,14-17,21H,4-5,7-8,13H2,1-3H3,(H,26,29)/t16-,21-/m1/s1. The van der Waals surface area contributed by atoms with E-state index >= 15 is 0 Å². The summed E-state index contributed by atoms with van der Waals surface area (Å²) in [5, 5.41) is 2.79. The van der Waals surface area contributed by atoms with Crippen LogP contribution in [0.5, 0.6) is 0 Å². The van der Waals surface area contributed by atoms with Gasteiger partial charge in [-0.15, -0.1) is 0 Å². The van der Waals surface area contributed by atoms with E-state index in [-0.39, 0.29) is 17.5 Å². The zero-order valence-corrected chi connectivity index (χ0v) is 18.0. The average Bonchev–Trinajstić information content (AvgIpc) is 3.30. The monoisotopic (exact) mass is 406 g/mol. The molecular formula is C24H30N4O2. The maximum Gasteiger partial charge on any atom is 0.274 e. The van der Waals surface area contributed by atoms with Crippen LogP contribution in [0, 0.1) is 5.92 Å². The van der Waals surface area contributed by atoms with Gasteiger partial charge in [-0.05, 0) is 49.4 Å². The van der Waals surface area contributed by atoms with Crippen molar-refractivity contribution in [2.45, 2.75) is 64.8 Å². The van der Waals surface area contributed by atoms with E-state index in [0.29, 0.717) is 23.1 Å². The summed E-state index contributed by atoms with van der Waals surface area (Å²) in [6.07, 6.45) is 11.1. The van der Waals surface area contributed by atoms with Crippen LogP contribution in [0.25, 0.3) is 5.65 Å². The fourth-order valence-electron chi connectivity index (χ4n) is 4.23. The minimum absolute atomic E-state index is 0.145. The lowest BCUT2D eigenvalue weighted by Gasteiger charge is -2.11. The lowest BCUT2D eigenvalue weighted by atomic mass is 9.95. The maximum absolute atomic E-state index is 12.8. The highest BCUT2D eigenvalue weighted by atomic mass is 16.2. The average molecular weight is 407 g/mol. The molecule has 3 aromatic rings. The van der Waals surface area contributed by atoms with Crippen LogP contribution in [0.15, 0.2) is 47.7 Å². The van der Waals surface area contributed by atoms with E-state index in [1.165, 1.54) is 0 Å². The summed E-state index contributed by atoms with van der Waals surface area (Å²) in [5.74, 6) is 0.671. The maximum atomic E-state index is 12.8. The zero-order valence-electron chi connectivity index (χ0n) is 18.0. The van der Waals surface area contributed by atoms with Gasteiger partial charge in [0.1, 0.15) is 11.3 Å². The van der Waals surface area contributed by atoms with E-state index in [2.05, 4.69) is 26.1 Å². The normalized spacial score (nSPS) is 18.1. The predicted molar refractivity (Wildman–Crippen MR) is 119 cm³/mol. The number of hydrogen-bond donors (Lipinski definition) is 1. The summed E-state index contributed by atoms with van der Waals surface area (Å²) in [7, 11) is 0. The molecule has 158 valence electrons. The molecule has 6 nitrogen and oxygen atoms in total. The Bertz CT molecular complexity index is 1110. The summed E-state index contributed by atoms with van der Waals surface area (Å²) in [5.41, 5.74) is 2.60. The number of hydrogen-bond acceptors (Lipinski definition) is 3. The van der Waals surface area contributed by atoms with Gasteiger partial charge in [0.15, 0.2) is 0 Å². The Morgan fingerprint density at radius 2 is 1.93 bits per heavy atom. The summed E-state index contributed by atoms with van der Waals surface area (Å²) in [6.45, 7) is 6.52. The van der Waals surface area contributed by atoms with Gasteiger partial charge in [0.05, 0.1) is 11.3 Å². The number of nitrogens with zero attached hydrogens (tertiary/aromatic N) is 3. The third kappa shape index (κ3) is 4.04. The van der Waals surface area contributed by atoms with Crippen molar-refractivity contribution in [3.8, 4) is 0 Å². The number of pyridine rings is 2. The number of imidazole rings is 1. The molecule has 1 amide bonds. The first kappa shape index (κ1) is 20.4. The highest BCUT2D eigenvalue weighted by Gasteiger charge is 2.35. The number of nitrogens with one attached hydrogen (secondary N) is 1. The first-order chi connectivity index (χ1) is 14.5. The second kappa shape index (κ2) is 8.46. The van der Waals surface area contributed by atoms with Crippen molar-refractivity contribution in [2.75, 3.05) is 5.32 Å². The van der Waals surface area contributed by atoms with E-state index in [9.17, 15) is 9.59 Å². The smallest absolute Gasteiger partial charge is 0.274 e. The Labute approximate surface area is 177 Å². The molecule has 6 heteroatoms. The molecule has 0 spiro atoms. The number of carbonyl (C=O) groups is 1. The molecule has 0 saturated heterocycles. The van der Waals surface area contributed by atoms with E-state index in [1.54, 1.807) is 29.1 Å². The van der Waals surface area contributed by atoms with Crippen molar-refractivity contribution < 1.29 is 4.79 Å². The first-order valence-corrected chi connectivity index (χ1v) is 11.0. The summed E-state index contributed by atoms with van der Waals surface area (Å²) < 4.78 is 3.64. The van der Waals surface area contributed by atoms with Crippen LogP contribution in [-0.4, -0.2) is 19.9 Å². The first-order valence-electron chi connectivity index (χ1n) is 11.0. The molecule has 4 rings (SSSR count). The lowest BCUT2D eigenvalue weighted by molar-refractivity contribution is 0.102. The van der Waals surface area contributed by atoms with Crippen LogP contribution >= 0.6 is 0 Å². The van der Waals surface area contributed by atoms with Crippen LogP contribution < -0.4 is 10.9 Å². The Morgan fingerprint density at radius 3 is 2.60 bits per heavy atom. The van der Waals surface area contributed by atoms with Crippen LogP contribution in [0.3, 0.4) is 0 Å². The highest BCUT2D eigenvalue weighted by molar-refractivity contribution is 6.04. The van der Waals surface area contributed by atoms with E-state index in [0.717, 1.165) is 43.4 Å². The topological polar surface area (TPSA) is 68.4 Å². The van der Waals surface area contributed by atoms with Gasteiger partial charge in [-0.3, -0.25) is 9.59 Å². The predicted octanol–water partition coefficient (Wildman–Crippen LogP) is 5.01. The van der Waals surface area contributed by atoms with Gasteiger partial charge >= 0.3 is 0 Å². The molecule has 0 aromatic carbocycles. The van der Waals surface area contributed by atoms with Crippen molar-refractivity contribution in [1.29, 1.82) is 0 Å². The Hall–Kier alpha value is -2.89. The molecule has 1 aliphatic carbocycles. The van der Waals surface area contributed by atoms with E-state index < -0.39 is 0 Å². The molecule has 1 saturated carbocycles. The van der Waals surface area contributed by atoms with Gasteiger partial charge in [0, 0.05) is 30.6 Å². The quantitative estimate of drug-likeness (QED) is 0.571. The van der Waals surface area contributed by atoms with Gasteiger partial charge in [-0.25, -0.2) is 4.98 Å². The molecule has 2 atom stereocenters. The van der Waals surface area contributed by atoms with Gasteiger partial charge in [0.25, 0.3) is 11.5 Å². The van der Waals surface area contributed by atoms with Crippen LogP contribution in [0.2, 0.25) is 0 Å². The number of aromatic nitrogens is 3. The van der Waals surface area contributed by atoms with Crippen molar-refractivity contribution in [1.82, 2.24) is 14.0 Å².